The van der Waals surface area contributed by atoms with Crippen molar-refractivity contribution < 1.29 is 14.3 Å². The molecule has 2 N–H and O–H groups in total. The number of halogens is 3. The minimum Gasteiger partial charge on any atom is -0.469 e. The molecule has 1 unspecified atom stereocenters. The number of ether oxygens (including phenoxy) is 1. The number of benzene rings is 1. The van der Waals surface area contributed by atoms with Crippen molar-refractivity contribution in [3.63, 3.8) is 0 Å². The number of hydrogen-bond donors (Lipinski definition) is 2. The van der Waals surface area contributed by atoms with Crippen LogP contribution in [0.4, 0.5) is 0 Å². The molecule has 0 saturated carbocycles. The average molecular weight is 420 g/mol. The summed E-state index contributed by atoms with van der Waals surface area (Å²) in [6.07, 6.45) is 0.00600. The smallest absolute Gasteiger partial charge is 0.307 e. The normalized spacial score (nSPS) is 11.8. The third-order valence-electron chi connectivity index (χ3n) is 3.15. The topological polar surface area (TPSA) is 71.2 Å². The van der Waals surface area contributed by atoms with E-state index in [-0.39, 0.29) is 22.3 Å². The fourth-order valence-corrected chi connectivity index (χ4v) is 2.54. The Morgan fingerprint density at radius 2 is 1.96 bits per heavy atom. The molecule has 0 aliphatic carbocycles. The highest BCUT2D eigenvalue weighted by molar-refractivity contribution is 9.10. The monoisotopic (exact) mass is 418 g/mol. The maximum Gasteiger partial charge on any atom is 0.307 e. The van der Waals surface area contributed by atoms with Crippen molar-refractivity contribution in [2.75, 3.05) is 7.11 Å². The number of aromatic amines is 1. The maximum absolute atomic E-state index is 12.3. The minimum absolute atomic E-state index is 0.00600. The molecule has 1 aromatic heterocycles. The van der Waals surface area contributed by atoms with Gasteiger partial charge >= 0.3 is 5.97 Å². The van der Waals surface area contributed by atoms with E-state index in [1.165, 1.54) is 13.2 Å². The van der Waals surface area contributed by atoms with Gasteiger partial charge in [0.15, 0.2) is 0 Å². The molecule has 122 valence electrons. The van der Waals surface area contributed by atoms with Crippen LogP contribution in [0, 0.1) is 0 Å². The van der Waals surface area contributed by atoms with Crippen LogP contribution in [0.15, 0.2) is 34.8 Å². The zero-order chi connectivity index (χ0) is 17.0. The first-order chi connectivity index (χ1) is 10.9. The van der Waals surface area contributed by atoms with E-state index in [4.69, 9.17) is 23.2 Å². The molecule has 1 atom stereocenters. The molecule has 0 bridgehead atoms. The van der Waals surface area contributed by atoms with E-state index >= 15 is 0 Å². The van der Waals surface area contributed by atoms with Crippen molar-refractivity contribution in [2.24, 2.45) is 0 Å². The summed E-state index contributed by atoms with van der Waals surface area (Å²) >= 11 is 15.0. The second-order valence-electron chi connectivity index (χ2n) is 4.70. The van der Waals surface area contributed by atoms with Gasteiger partial charge in [-0.15, -0.1) is 0 Å². The van der Waals surface area contributed by atoms with Crippen LogP contribution in [-0.4, -0.2) is 24.0 Å². The van der Waals surface area contributed by atoms with Crippen molar-refractivity contribution >= 4 is 51.0 Å². The zero-order valence-corrected chi connectivity index (χ0v) is 15.1. The van der Waals surface area contributed by atoms with Gasteiger partial charge in [-0.1, -0.05) is 51.3 Å². The molecule has 0 aliphatic rings. The van der Waals surface area contributed by atoms with Crippen LogP contribution in [0.25, 0.3) is 0 Å². The van der Waals surface area contributed by atoms with Crippen LogP contribution < -0.4 is 5.32 Å². The number of carbonyl (C=O) groups excluding carboxylic acids is 2. The lowest BCUT2D eigenvalue weighted by molar-refractivity contribution is -0.141. The fourth-order valence-electron chi connectivity index (χ4n) is 1.96. The number of rotatable bonds is 5. The Morgan fingerprint density at radius 1 is 1.30 bits per heavy atom. The Kier molecular flexibility index (Phi) is 6.10. The van der Waals surface area contributed by atoms with Gasteiger partial charge in [0.05, 0.1) is 24.6 Å². The number of esters is 1. The highest BCUT2D eigenvalue weighted by Crippen LogP contribution is 2.24. The summed E-state index contributed by atoms with van der Waals surface area (Å²) in [4.78, 5) is 26.6. The van der Waals surface area contributed by atoms with Gasteiger partial charge in [-0.25, -0.2) is 0 Å². The van der Waals surface area contributed by atoms with E-state index in [0.717, 1.165) is 10.0 Å². The lowest BCUT2D eigenvalue weighted by Crippen LogP contribution is -2.30. The van der Waals surface area contributed by atoms with E-state index in [1.807, 2.05) is 24.3 Å². The lowest BCUT2D eigenvalue weighted by Gasteiger charge is -2.18. The van der Waals surface area contributed by atoms with Crippen LogP contribution in [0.1, 0.15) is 28.5 Å². The molecule has 0 fully saturated rings. The molecule has 8 heteroatoms. The number of methoxy groups -OCH3 is 1. The number of H-pyrrole nitrogens is 1. The highest BCUT2D eigenvalue weighted by Gasteiger charge is 2.21. The molecule has 0 saturated heterocycles. The van der Waals surface area contributed by atoms with Crippen LogP contribution in [-0.2, 0) is 9.53 Å². The minimum atomic E-state index is -0.538. The Bertz CT molecular complexity index is 697. The SMILES string of the molecule is COC(=O)CC(NC(=O)c1cc(Cl)c(Cl)[nH]1)c1ccc(Br)cc1. The van der Waals surface area contributed by atoms with Gasteiger partial charge in [0.25, 0.3) is 5.91 Å². The lowest BCUT2D eigenvalue weighted by atomic mass is 10.0. The number of hydrogen-bond acceptors (Lipinski definition) is 3. The Morgan fingerprint density at radius 3 is 2.48 bits per heavy atom. The summed E-state index contributed by atoms with van der Waals surface area (Å²) in [5, 5.41) is 3.21. The fraction of sp³-hybridized carbons (Fsp3) is 0.200. The van der Waals surface area contributed by atoms with Gasteiger partial charge in [0.1, 0.15) is 10.8 Å². The van der Waals surface area contributed by atoms with Crippen molar-refractivity contribution in [3.05, 3.63) is 56.2 Å². The third-order valence-corrected chi connectivity index (χ3v) is 4.37. The van der Waals surface area contributed by atoms with Crippen molar-refractivity contribution in [1.29, 1.82) is 0 Å². The van der Waals surface area contributed by atoms with Crippen LogP contribution >= 0.6 is 39.1 Å². The third kappa shape index (κ3) is 4.73. The molecule has 5 nitrogen and oxygen atoms in total. The molecule has 0 aliphatic heterocycles. The molecule has 1 aromatic carbocycles. The van der Waals surface area contributed by atoms with Crippen molar-refractivity contribution in [1.82, 2.24) is 10.3 Å². The molecule has 2 aromatic rings. The van der Waals surface area contributed by atoms with E-state index in [9.17, 15) is 9.59 Å². The van der Waals surface area contributed by atoms with Crippen LogP contribution in [0.5, 0.6) is 0 Å². The standard InChI is InChI=1S/C15H13BrCl2N2O3/c1-23-13(21)7-11(8-2-4-9(16)5-3-8)20-15(22)12-6-10(17)14(18)19-12/h2-6,11,19H,7H2,1H3,(H,20,22). The summed E-state index contributed by atoms with van der Waals surface area (Å²) in [7, 11) is 1.30. The molecule has 1 heterocycles. The summed E-state index contributed by atoms with van der Waals surface area (Å²) < 4.78 is 5.58. The first kappa shape index (κ1) is 17.8. The van der Waals surface area contributed by atoms with Crippen molar-refractivity contribution in [2.45, 2.75) is 12.5 Å². The van der Waals surface area contributed by atoms with Crippen LogP contribution in [0.2, 0.25) is 10.2 Å². The van der Waals surface area contributed by atoms with Crippen LogP contribution in [0.3, 0.4) is 0 Å². The van der Waals surface area contributed by atoms with Gasteiger partial charge in [0, 0.05) is 4.47 Å². The van der Waals surface area contributed by atoms with Gasteiger partial charge in [0.2, 0.25) is 0 Å². The zero-order valence-electron chi connectivity index (χ0n) is 12.0. The quantitative estimate of drug-likeness (QED) is 0.716. The molecule has 0 spiro atoms. The number of nitrogens with one attached hydrogen (secondary N) is 2. The number of amides is 1. The molecule has 0 radical (unpaired) electrons. The Labute approximate surface area is 151 Å². The average Bonchev–Trinajstić information content (AvgIpc) is 2.86. The summed E-state index contributed by atoms with van der Waals surface area (Å²) in [5.41, 5.74) is 0.989. The largest absolute Gasteiger partial charge is 0.469 e. The molecule has 1 amide bonds. The molecule has 23 heavy (non-hydrogen) atoms. The van der Waals surface area contributed by atoms with E-state index in [0.29, 0.717) is 0 Å². The summed E-state index contributed by atoms with van der Waals surface area (Å²) in [6, 6.07) is 8.17. The Balaban J connectivity index is 2.21. The van der Waals surface area contributed by atoms with Gasteiger partial charge in [-0.2, -0.15) is 0 Å². The second kappa shape index (κ2) is 7.86. The van der Waals surface area contributed by atoms with Gasteiger partial charge in [-0.05, 0) is 23.8 Å². The predicted molar refractivity (Wildman–Crippen MR) is 91.8 cm³/mol. The second-order valence-corrected chi connectivity index (χ2v) is 6.40. The molecular weight excluding hydrogens is 407 g/mol. The van der Waals surface area contributed by atoms with Gasteiger partial charge in [-0.3, -0.25) is 9.59 Å². The van der Waals surface area contributed by atoms with E-state index < -0.39 is 17.9 Å². The van der Waals surface area contributed by atoms with Crippen molar-refractivity contribution in [3.8, 4) is 0 Å². The predicted octanol–water partition coefficient (Wildman–Crippen LogP) is 4.12. The number of aromatic nitrogens is 1. The van der Waals surface area contributed by atoms with Gasteiger partial charge < -0.3 is 15.0 Å². The first-order valence-corrected chi connectivity index (χ1v) is 8.12. The first-order valence-electron chi connectivity index (χ1n) is 6.58. The summed E-state index contributed by atoms with van der Waals surface area (Å²) in [6.45, 7) is 0. The summed E-state index contributed by atoms with van der Waals surface area (Å²) in [5.74, 6) is -0.851. The van der Waals surface area contributed by atoms with E-state index in [1.54, 1.807) is 0 Å². The maximum atomic E-state index is 12.3. The molecular formula is C15H13BrCl2N2O3. The van der Waals surface area contributed by atoms with E-state index in [2.05, 4.69) is 31.0 Å². The Hall–Kier alpha value is -1.50. The highest BCUT2D eigenvalue weighted by atomic mass is 79.9. The molecule has 2 rings (SSSR count). The number of carbonyl (C=O) groups is 2.